The molecule has 0 bridgehead atoms. The molecule has 0 aliphatic heterocycles. The maximum Gasteiger partial charge on any atom is 0.322 e. The molecular formula is C20H24N2OSi. The molecule has 0 saturated heterocycles. The molecule has 0 spiro atoms. The van der Waals surface area contributed by atoms with Crippen LogP contribution in [0.1, 0.15) is 26.5 Å². The molecule has 124 valence electrons. The molecule has 3 nitrogen and oxygen atoms in total. The number of aromatic nitrogens is 2. The zero-order valence-corrected chi connectivity index (χ0v) is 15.7. The van der Waals surface area contributed by atoms with E-state index in [-0.39, 0.29) is 5.04 Å². The quantitative estimate of drug-likeness (QED) is 0.739. The van der Waals surface area contributed by atoms with Gasteiger partial charge in [0.05, 0.1) is 0 Å². The van der Waals surface area contributed by atoms with Crippen LogP contribution in [0.3, 0.4) is 0 Å². The predicted molar refractivity (Wildman–Crippen MR) is 102 cm³/mol. The average molecular weight is 337 g/mol. The third kappa shape index (κ3) is 2.89. The van der Waals surface area contributed by atoms with Crippen molar-refractivity contribution in [2.45, 2.75) is 32.7 Å². The second-order valence-corrected chi connectivity index (χ2v) is 11.4. The van der Waals surface area contributed by atoms with Crippen LogP contribution < -0.4 is 14.8 Å². The van der Waals surface area contributed by atoms with E-state index in [0.717, 1.165) is 5.69 Å². The van der Waals surface area contributed by atoms with Gasteiger partial charge < -0.3 is 4.43 Å². The molecule has 0 fully saturated rings. The summed E-state index contributed by atoms with van der Waals surface area (Å²) in [5.41, 5.74) is 1.00. The van der Waals surface area contributed by atoms with E-state index in [2.05, 4.69) is 91.6 Å². The van der Waals surface area contributed by atoms with Gasteiger partial charge in [0.25, 0.3) is 0 Å². The Kier molecular flexibility index (Phi) is 4.33. The summed E-state index contributed by atoms with van der Waals surface area (Å²) in [7, 11) is -2.56. The smallest absolute Gasteiger partial charge is 0.322 e. The van der Waals surface area contributed by atoms with Crippen LogP contribution in [0.25, 0.3) is 0 Å². The summed E-state index contributed by atoms with van der Waals surface area (Å²) >= 11 is 0. The van der Waals surface area contributed by atoms with E-state index in [1.165, 1.54) is 10.4 Å². The maximum absolute atomic E-state index is 6.76. The zero-order chi connectivity index (χ0) is 17.2. The Morgan fingerprint density at radius 2 is 1.38 bits per heavy atom. The van der Waals surface area contributed by atoms with Gasteiger partial charge in [-0.15, -0.1) is 5.10 Å². The molecule has 0 radical (unpaired) electrons. The lowest BCUT2D eigenvalue weighted by atomic mass is 10.2. The highest BCUT2D eigenvalue weighted by molar-refractivity contribution is 7.00. The van der Waals surface area contributed by atoms with E-state index in [9.17, 15) is 0 Å². The summed E-state index contributed by atoms with van der Waals surface area (Å²) in [6, 6.07) is 23.2. The molecule has 3 rings (SSSR count). The van der Waals surface area contributed by atoms with Gasteiger partial charge in [-0.05, 0) is 22.3 Å². The minimum absolute atomic E-state index is 0.0530. The lowest BCUT2D eigenvalue weighted by molar-refractivity contribution is 0.490. The molecule has 0 atom stereocenters. The molecule has 1 N–H and O–H groups in total. The van der Waals surface area contributed by atoms with Crippen molar-refractivity contribution >= 4 is 18.7 Å². The summed E-state index contributed by atoms with van der Waals surface area (Å²) in [4.78, 5) is 0. The lowest BCUT2D eigenvalue weighted by Crippen LogP contribution is -2.68. The standard InChI is InChI=1S/C20H24N2OSi/c1-16-15-19(22-21-16)23-24(20(2,3)4,17-11-7-5-8-12-17)18-13-9-6-10-14-18/h5-15H,1-4H3,(H,21,22). The first-order valence-corrected chi connectivity index (χ1v) is 10.2. The van der Waals surface area contributed by atoms with E-state index >= 15 is 0 Å². The Balaban J connectivity index is 2.25. The van der Waals surface area contributed by atoms with E-state index in [4.69, 9.17) is 4.43 Å². The molecule has 4 heteroatoms. The second kappa shape index (κ2) is 6.28. The topological polar surface area (TPSA) is 37.9 Å². The molecule has 0 saturated carbocycles. The van der Waals surface area contributed by atoms with Gasteiger partial charge in [0, 0.05) is 11.8 Å². The van der Waals surface area contributed by atoms with Crippen molar-refractivity contribution in [3.05, 3.63) is 72.4 Å². The average Bonchev–Trinajstić information content (AvgIpc) is 2.98. The van der Waals surface area contributed by atoms with E-state index < -0.39 is 8.32 Å². The zero-order valence-electron chi connectivity index (χ0n) is 14.7. The summed E-state index contributed by atoms with van der Waals surface area (Å²) < 4.78 is 6.76. The number of rotatable bonds is 4. The number of benzene rings is 2. The van der Waals surface area contributed by atoms with Crippen molar-refractivity contribution in [2.24, 2.45) is 0 Å². The van der Waals surface area contributed by atoms with Crippen molar-refractivity contribution in [1.29, 1.82) is 0 Å². The minimum atomic E-state index is -2.56. The molecule has 24 heavy (non-hydrogen) atoms. The van der Waals surface area contributed by atoms with Crippen molar-refractivity contribution in [3.63, 3.8) is 0 Å². The maximum atomic E-state index is 6.76. The molecular weight excluding hydrogens is 312 g/mol. The molecule has 0 aliphatic rings. The van der Waals surface area contributed by atoms with Crippen LogP contribution in [0.5, 0.6) is 5.88 Å². The number of nitrogens with one attached hydrogen (secondary N) is 1. The number of nitrogens with zero attached hydrogens (tertiary/aromatic N) is 1. The first-order chi connectivity index (χ1) is 11.4. The number of hydrogen-bond acceptors (Lipinski definition) is 2. The molecule has 0 aliphatic carbocycles. The fraction of sp³-hybridized carbons (Fsp3) is 0.250. The van der Waals surface area contributed by atoms with Crippen LogP contribution in [0.4, 0.5) is 0 Å². The van der Waals surface area contributed by atoms with Gasteiger partial charge in [-0.2, -0.15) is 0 Å². The summed E-state index contributed by atoms with van der Waals surface area (Å²) in [6.07, 6.45) is 0. The highest BCUT2D eigenvalue weighted by Gasteiger charge is 2.52. The van der Waals surface area contributed by atoms with Gasteiger partial charge in [0.2, 0.25) is 5.88 Å². The largest absolute Gasteiger partial charge is 0.520 e. The predicted octanol–water partition coefficient (Wildman–Crippen LogP) is 3.66. The first kappa shape index (κ1) is 16.5. The number of H-pyrrole nitrogens is 1. The molecule has 3 aromatic rings. The molecule has 2 aromatic carbocycles. The molecule has 0 amide bonds. The van der Waals surface area contributed by atoms with Gasteiger partial charge in [-0.1, -0.05) is 81.4 Å². The van der Waals surface area contributed by atoms with E-state index in [0.29, 0.717) is 5.88 Å². The number of hydrogen-bond donors (Lipinski definition) is 1. The van der Waals surface area contributed by atoms with Crippen LogP contribution in [0.15, 0.2) is 66.7 Å². The normalized spacial score (nSPS) is 12.2. The van der Waals surface area contributed by atoms with Crippen LogP contribution in [-0.4, -0.2) is 18.5 Å². The van der Waals surface area contributed by atoms with Crippen LogP contribution >= 0.6 is 0 Å². The van der Waals surface area contributed by atoms with E-state index in [1.54, 1.807) is 0 Å². The van der Waals surface area contributed by atoms with Crippen molar-refractivity contribution in [3.8, 4) is 5.88 Å². The third-order valence-corrected chi connectivity index (χ3v) is 9.28. The Bertz CT molecular complexity index is 752. The Hall–Kier alpha value is -2.33. The first-order valence-electron chi connectivity index (χ1n) is 8.25. The van der Waals surface area contributed by atoms with Crippen LogP contribution in [0.2, 0.25) is 5.04 Å². The minimum Gasteiger partial charge on any atom is -0.520 e. The highest BCUT2D eigenvalue weighted by atomic mass is 28.4. The van der Waals surface area contributed by atoms with Gasteiger partial charge >= 0.3 is 8.32 Å². The molecule has 1 heterocycles. The number of aryl methyl sites for hydroxylation is 1. The molecule has 1 aromatic heterocycles. The highest BCUT2D eigenvalue weighted by Crippen LogP contribution is 2.37. The summed E-state index contributed by atoms with van der Waals surface area (Å²) in [5.74, 6) is 0.668. The second-order valence-electron chi connectivity index (χ2n) is 7.15. The van der Waals surface area contributed by atoms with Crippen LogP contribution in [-0.2, 0) is 0 Å². The monoisotopic (exact) mass is 336 g/mol. The fourth-order valence-electron chi connectivity index (χ4n) is 3.25. The number of aromatic amines is 1. The van der Waals surface area contributed by atoms with Crippen molar-refractivity contribution in [1.82, 2.24) is 10.2 Å². The van der Waals surface area contributed by atoms with Crippen molar-refractivity contribution < 1.29 is 4.43 Å². The van der Waals surface area contributed by atoms with Crippen LogP contribution in [0, 0.1) is 6.92 Å². The van der Waals surface area contributed by atoms with Gasteiger partial charge in [-0.25, -0.2) is 0 Å². The lowest BCUT2D eigenvalue weighted by Gasteiger charge is -2.42. The van der Waals surface area contributed by atoms with Gasteiger partial charge in [-0.3, -0.25) is 5.10 Å². The summed E-state index contributed by atoms with van der Waals surface area (Å²) in [6.45, 7) is 8.78. The van der Waals surface area contributed by atoms with Gasteiger partial charge in [0.15, 0.2) is 0 Å². The Morgan fingerprint density at radius 3 is 1.75 bits per heavy atom. The van der Waals surface area contributed by atoms with E-state index in [1.807, 2.05) is 13.0 Å². The fourth-order valence-corrected chi connectivity index (χ4v) is 7.60. The van der Waals surface area contributed by atoms with Gasteiger partial charge in [0.1, 0.15) is 0 Å². The third-order valence-electron chi connectivity index (χ3n) is 4.36. The summed E-state index contributed by atoms with van der Waals surface area (Å²) in [5, 5.41) is 9.80. The Labute approximate surface area is 144 Å². The molecule has 0 unspecified atom stereocenters. The van der Waals surface area contributed by atoms with Crippen molar-refractivity contribution in [2.75, 3.05) is 0 Å². The Morgan fingerprint density at radius 1 is 0.875 bits per heavy atom. The SMILES string of the molecule is Cc1cc(O[Si](c2ccccc2)(c2ccccc2)C(C)(C)C)n[nH]1.